The molecule has 1 fully saturated rings. The average molecular weight is 501 g/mol. The van der Waals surface area contributed by atoms with Crippen LogP contribution in [-0.2, 0) is 4.74 Å². The molecule has 10 heteroatoms. The first-order valence-electron chi connectivity index (χ1n) is 10.3. The molecule has 0 aromatic carbocycles. The van der Waals surface area contributed by atoms with Crippen LogP contribution in [0.2, 0.25) is 0 Å². The molecule has 0 bridgehead atoms. The SMILES string of the molecule is CC(C)(C)OC(=O)NC1CCN(c2c(Br)cnc3[nH]cc(NC(=O)c4cccnc4)c23)C1. The van der Waals surface area contributed by atoms with Crippen LogP contribution in [0.25, 0.3) is 11.0 Å². The van der Waals surface area contributed by atoms with Gasteiger partial charge in [0, 0.05) is 37.9 Å². The largest absolute Gasteiger partial charge is 0.444 e. The summed E-state index contributed by atoms with van der Waals surface area (Å²) in [5.74, 6) is -0.254. The second kappa shape index (κ2) is 8.78. The Bertz CT molecular complexity index is 1140. The van der Waals surface area contributed by atoms with Gasteiger partial charge in [0.1, 0.15) is 11.2 Å². The molecular weight excluding hydrogens is 476 g/mol. The van der Waals surface area contributed by atoms with Crippen molar-refractivity contribution in [3.05, 3.63) is 47.0 Å². The summed E-state index contributed by atoms with van der Waals surface area (Å²) < 4.78 is 6.19. The maximum absolute atomic E-state index is 12.7. The number of carbonyl (C=O) groups is 2. The Kier molecular flexibility index (Phi) is 6.05. The summed E-state index contributed by atoms with van der Waals surface area (Å²) in [7, 11) is 0. The van der Waals surface area contributed by atoms with Crippen molar-refractivity contribution >= 4 is 50.3 Å². The topological polar surface area (TPSA) is 112 Å². The summed E-state index contributed by atoms with van der Waals surface area (Å²) in [6.07, 6.45) is 6.96. The van der Waals surface area contributed by atoms with Gasteiger partial charge in [0.25, 0.3) is 5.91 Å². The third-order valence-corrected chi connectivity index (χ3v) is 5.61. The molecule has 32 heavy (non-hydrogen) atoms. The number of amides is 2. The monoisotopic (exact) mass is 500 g/mol. The molecule has 1 unspecified atom stereocenters. The van der Waals surface area contributed by atoms with Crippen molar-refractivity contribution in [2.75, 3.05) is 23.3 Å². The van der Waals surface area contributed by atoms with E-state index in [1.54, 1.807) is 30.7 Å². The number of rotatable bonds is 4. The van der Waals surface area contributed by atoms with Crippen molar-refractivity contribution in [1.82, 2.24) is 20.3 Å². The third kappa shape index (κ3) is 4.85. The van der Waals surface area contributed by atoms with Crippen molar-refractivity contribution in [1.29, 1.82) is 0 Å². The van der Waals surface area contributed by atoms with E-state index < -0.39 is 11.7 Å². The number of halogens is 1. The van der Waals surface area contributed by atoms with Gasteiger partial charge in [-0.05, 0) is 55.3 Å². The van der Waals surface area contributed by atoms with Gasteiger partial charge in [0.05, 0.1) is 32.8 Å². The lowest BCUT2D eigenvalue weighted by Crippen LogP contribution is -2.40. The number of ether oxygens (including phenoxy) is 1. The number of hydrogen-bond donors (Lipinski definition) is 3. The van der Waals surface area contributed by atoms with Crippen LogP contribution in [0, 0.1) is 0 Å². The number of carbonyl (C=O) groups excluding carboxylic acids is 2. The molecule has 0 aliphatic carbocycles. The second-order valence-electron chi connectivity index (χ2n) is 8.65. The van der Waals surface area contributed by atoms with E-state index in [1.807, 2.05) is 20.8 Å². The molecule has 3 N–H and O–H groups in total. The van der Waals surface area contributed by atoms with Crippen LogP contribution in [0.5, 0.6) is 0 Å². The van der Waals surface area contributed by atoms with Gasteiger partial charge in [-0.3, -0.25) is 9.78 Å². The van der Waals surface area contributed by atoms with Crippen molar-refractivity contribution < 1.29 is 14.3 Å². The number of hydrogen-bond acceptors (Lipinski definition) is 6. The molecule has 0 saturated carbocycles. The quantitative estimate of drug-likeness (QED) is 0.497. The molecule has 0 spiro atoms. The minimum absolute atomic E-state index is 0.0488. The Morgan fingerprint density at radius 2 is 2.12 bits per heavy atom. The van der Waals surface area contributed by atoms with Crippen LogP contribution >= 0.6 is 15.9 Å². The molecule has 2 amide bonds. The first kappa shape index (κ1) is 22.1. The number of aromatic amines is 1. The standard InChI is InChI=1S/C22H25BrN6O3/c1-22(2,3)32-21(31)27-14-6-8-29(12-14)18-15(23)10-25-19-17(18)16(11-26-19)28-20(30)13-5-4-7-24-9-13/h4-5,7,9-11,14H,6,8,12H2,1-3H3,(H,25,26)(H,27,31)(H,28,30). The van der Waals surface area contributed by atoms with Crippen LogP contribution in [0.15, 0.2) is 41.4 Å². The normalized spacial score (nSPS) is 16.2. The van der Waals surface area contributed by atoms with Gasteiger partial charge in [-0.2, -0.15) is 0 Å². The van der Waals surface area contributed by atoms with Crippen LogP contribution < -0.4 is 15.5 Å². The highest BCUT2D eigenvalue weighted by molar-refractivity contribution is 9.10. The van der Waals surface area contributed by atoms with Crippen molar-refractivity contribution in [3.63, 3.8) is 0 Å². The molecule has 9 nitrogen and oxygen atoms in total. The number of nitrogens with one attached hydrogen (secondary N) is 3. The highest BCUT2D eigenvalue weighted by Crippen LogP contribution is 2.39. The fraction of sp³-hybridized carbons (Fsp3) is 0.364. The summed E-state index contributed by atoms with van der Waals surface area (Å²) >= 11 is 3.62. The molecule has 1 saturated heterocycles. The highest BCUT2D eigenvalue weighted by atomic mass is 79.9. The molecule has 1 aliphatic rings. The van der Waals surface area contributed by atoms with E-state index in [4.69, 9.17) is 4.74 Å². The number of H-pyrrole nitrogens is 1. The van der Waals surface area contributed by atoms with E-state index in [-0.39, 0.29) is 11.9 Å². The van der Waals surface area contributed by atoms with Gasteiger partial charge < -0.3 is 25.3 Å². The number of anilines is 2. The predicted octanol–water partition coefficient (Wildman–Crippen LogP) is 4.08. The van der Waals surface area contributed by atoms with Crippen molar-refractivity contribution in [2.24, 2.45) is 0 Å². The molecule has 1 aliphatic heterocycles. The summed E-state index contributed by atoms with van der Waals surface area (Å²) in [5, 5.41) is 6.70. The Morgan fingerprint density at radius 3 is 2.84 bits per heavy atom. The predicted molar refractivity (Wildman–Crippen MR) is 126 cm³/mol. The molecule has 4 rings (SSSR count). The Morgan fingerprint density at radius 1 is 1.31 bits per heavy atom. The Hall–Kier alpha value is -3.14. The molecule has 0 radical (unpaired) electrons. The lowest BCUT2D eigenvalue weighted by molar-refractivity contribution is 0.0509. The zero-order chi connectivity index (χ0) is 22.9. The summed E-state index contributed by atoms with van der Waals surface area (Å²) in [5.41, 5.74) is 2.12. The van der Waals surface area contributed by atoms with E-state index in [1.165, 1.54) is 6.20 Å². The molecule has 1 atom stereocenters. The van der Waals surface area contributed by atoms with E-state index in [9.17, 15) is 9.59 Å². The Labute approximate surface area is 194 Å². The summed E-state index contributed by atoms with van der Waals surface area (Å²) in [4.78, 5) is 38.6. The van der Waals surface area contributed by atoms with E-state index in [2.05, 4.69) is 46.4 Å². The average Bonchev–Trinajstić information content (AvgIpc) is 3.34. The van der Waals surface area contributed by atoms with E-state index >= 15 is 0 Å². The Balaban J connectivity index is 1.57. The molecule has 4 heterocycles. The van der Waals surface area contributed by atoms with E-state index in [0.717, 1.165) is 28.5 Å². The maximum Gasteiger partial charge on any atom is 0.407 e. The maximum atomic E-state index is 12.7. The summed E-state index contributed by atoms with van der Waals surface area (Å²) in [6, 6.07) is 3.38. The summed E-state index contributed by atoms with van der Waals surface area (Å²) in [6.45, 7) is 6.86. The zero-order valence-electron chi connectivity index (χ0n) is 18.1. The fourth-order valence-electron chi connectivity index (χ4n) is 3.71. The number of alkyl carbamates (subject to hydrolysis) is 1. The molecule has 3 aromatic heterocycles. The van der Waals surface area contributed by atoms with Crippen LogP contribution in [0.3, 0.4) is 0 Å². The minimum Gasteiger partial charge on any atom is -0.444 e. The van der Waals surface area contributed by atoms with E-state index in [0.29, 0.717) is 23.4 Å². The third-order valence-electron chi connectivity index (χ3n) is 5.03. The zero-order valence-corrected chi connectivity index (χ0v) is 19.7. The smallest absolute Gasteiger partial charge is 0.407 e. The van der Waals surface area contributed by atoms with Gasteiger partial charge in [0.2, 0.25) is 0 Å². The lowest BCUT2D eigenvalue weighted by Gasteiger charge is -2.23. The van der Waals surface area contributed by atoms with Crippen LogP contribution in [0.4, 0.5) is 16.2 Å². The van der Waals surface area contributed by atoms with Gasteiger partial charge in [-0.25, -0.2) is 9.78 Å². The number of pyridine rings is 2. The molecular formula is C22H25BrN6O3. The minimum atomic E-state index is -0.546. The van der Waals surface area contributed by atoms with Gasteiger partial charge in [0.15, 0.2) is 0 Å². The van der Waals surface area contributed by atoms with Gasteiger partial charge in [-0.1, -0.05) is 0 Å². The highest BCUT2D eigenvalue weighted by Gasteiger charge is 2.29. The van der Waals surface area contributed by atoms with Crippen LogP contribution in [-0.4, -0.2) is 51.7 Å². The molecule has 3 aromatic rings. The van der Waals surface area contributed by atoms with Gasteiger partial charge in [-0.15, -0.1) is 0 Å². The van der Waals surface area contributed by atoms with Crippen molar-refractivity contribution in [2.45, 2.75) is 38.8 Å². The van der Waals surface area contributed by atoms with Crippen LogP contribution in [0.1, 0.15) is 37.6 Å². The fourth-order valence-corrected chi connectivity index (χ4v) is 4.26. The van der Waals surface area contributed by atoms with Crippen molar-refractivity contribution in [3.8, 4) is 0 Å². The first-order valence-corrected chi connectivity index (χ1v) is 11.1. The number of fused-ring (bicyclic) bond motifs is 1. The second-order valence-corrected chi connectivity index (χ2v) is 9.51. The first-order chi connectivity index (χ1) is 15.2. The van der Waals surface area contributed by atoms with Gasteiger partial charge >= 0.3 is 6.09 Å². The number of aromatic nitrogens is 3. The number of nitrogens with zero attached hydrogens (tertiary/aromatic N) is 3. The lowest BCUT2D eigenvalue weighted by atomic mass is 10.2. The molecule has 168 valence electrons.